The summed E-state index contributed by atoms with van der Waals surface area (Å²) in [5.41, 5.74) is 2.10. The molecule has 59 heavy (non-hydrogen) atoms. The van der Waals surface area contributed by atoms with Gasteiger partial charge in [-0.2, -0.15) is 0 Å². The molecule has 0 saturated carbocycles. The first-order valence-electron chi connectivity index (χ1n) is 18.0. The molecule has 8 rings (SSSR count). The molecule has 5 aromatic rings. The largest absolute Gasteiger partial charge is 0.507 e. The number of benzene rings is 6. The third kappa shape index (κ3) is 6.65. The molecule has 0 bridgehead atoms. The molecular weight excluding hydrogens is 757 g/mol. The third-order valence-electron chi connectivity index (χ3n) is 10.2. The molecule has 2 aliphatic heterocycles. The van der Waals surface area contributed by atoms with Crippen molar-refractivity contribution >= 4 is 52.6 Å². The van der Waals surface area contributed by atoms with Crippen molar-refractivity contribution in [1.82, 2.24) is 5.32 Å². The number of phenols is 1. The molecule has 0 unspecified atom stereocenters. The smallest absolute Gasteiger partial charge is 0.336 e. The average molecular weight is 789 g/mol. The van der Waals surface area contributed by atoms with Crippen LogP contribution in [0.15, 0.2) is 112 Å². The highest BCUT2D eigenvalue weighted by molar-refractivity contribution is 6.09. The number of rotatable bonds is 9. The first kappa shape index (κ1) is 37.7. The van der Waals surface area contributed by atoms with E-state index in [4.69, 9.17) is 9.15 Å². The van der Waals surface area contributed by atoms with Crippen LogP contribution in [0.25, 0.3) is 45.6 Å². The second-order valence-electron chi connectivity index (χ2n) is 14.1. The number of ether oxygens (including phenoxy) is 1. The minimum absolute atomic E-state index is 0.00117. The summed E-state index contributed by atoms with van der Waals surface area (Å²) in [5, 5.41) is 45.7. The van der Waals surface area contributed by atoms with Crippen LogP contribution in [0, 0.1) is 0 Å². The Morgan fingerprint density at radius 2 is 1.37 bits per heavy atom. The van der Waals surface area contributed by atoms with E-state index < -0.39 is 29.2 Å². The van der Waals surface area contributed by atoms with Crippen LogP contribution in [0.2, 0.25) is 0 Å². The molecule has 0 radical (unpaired) electrons. The maximum Gasteiger partial charge on any atom is 0.336 e. The molecule has 0 saturated heterocycles. The van der Waals surface area contributed by atoms with E-state index in [0.29, 0.717) is 49.6 Å². The van der Waals surface area contributed by atoms with Gasteiger partial charge in [-0.15, -0.1) is 0 Å². The Labute approximate surface area is 333 Å². The van der Waals surface area contributed by atoms with Gasteiger partial charge in [0.05, 0.1) is 28.8 Å². The van der Waals surface area contributed by atoms with Gasteiger partial charge in [0.25, 0.3) is 5.91 Å². The fourth-order valence-corrected chi connectivity index (χ4v) is 7.36. The van der Waals surface area contributed by atoms with Crippen molar-refractivity contribution in [1.29, 1.82) is 0 Å². The zero-order valence-corrected chi connectivity index (χ0v) is 31.3. The van der Waals surface area contributed by atoms with Crippen LogP contribution in [0.3, 0.4) is 0 Å². The highest BCUT2D eigenvalue weighted by Crippen LogP contribution is 2.44. The fourth-order valence-electron chi connectivity index (χ4n) is 7.36. The Morgan fingerprint density at radius 3 is 2.10 bits per heavy atom. The lowest BCUT2D eigenvalue weighted by Crippen LogP contribution is -2.24. The van der Waals surface area contributed by atoms with Crippen LogP contribution < -0.4 is 30.8 Å². The van der Waals surface area contributed by atoms with Crippen molar-refractivity contribution in [3.63, 3.8) is 0 Å². The van der Waals surface area contributed by atoms with Crippen molar-refractivity contribution in [2.24, 2.45) is 0 Å². The van der Waals surface area contributed by atoms with Gasteiger partial charge in [0.1, 0.15) is 28.6 Å². The van der Waals surface area contributed by atoms with Gasteiger partial charge >= 0.3 is 17.9 Å². The number of hydrogen-bond donors (Lipinski definition) is 5. The Morgan fingerprint density at radius 1 is 0.695 bits per heavy atom. The zero-order chi connectivity index (χ0) is 41.9. The van der Waals surface area contributed by atoms with E-state index in [1.807, 2.05) is 43.3 Å². The van der Waals surface area contributed by atoms with Crippen LogP contribution in [0.1, 0.15) is 58.1 Å². The lowest BCUT2D eigenvalue weighted by atomic mass is 9.88. The maximum atomic E-state index is 13.8. The molecule has 5 aromatic carbocycles. The van der Waals surface area contributed by atoms with E-state index in [1.54, 1.807) is 18.2 Å². The van der Waals surface area contributed by atoms with Gasteiger partial charge in [-0.3, -0.25) is 9.59 Å². The van der Waals surface area contributed by atoms with Crippen LogP contribution in [0.4, 0.5) is 5.69 Å². The molecule has 2 heterocycles. The Bertz CT molecular complexity index is 3130. The number of carboxylic acids is 3. The molecule has 292 valence electrons. The van der Waals surface area contributed by atoms with E-state index in [-0.39, 0.29) is 62.6 Å². The summed E-state index contributed by atoms with van der Waals surface area (Å²) in [6.45, 7) is 3.66. The third-order valence-corrected chi connectivity index (χ3v) is 10.2. The molecule has 5 N–H and O–H groups in total. The first-order chi connectivity index (χ1) is 28.2. The normalized spacial score (nSPS) is 11.7. The van der Waals surface area contributed by atoms with Crippen molar-refractivity contribution in [2.75, 3.05) is 19.0 Å². The first-order valence-corrected chi connectivity index (χ1v) is 18.0. The highest BCUT2D eigenvalue weighted by atomic mass is 16.5. The summed E-state index contributed by atoms with van der Waals surface area (Å²) in [4.78, 5) is 65.3. The van der Waals surface area contributed by atoms with Crippen LogP contribution in [-0.4, -0.2) is 58.3 Å². The predicted octanol–water partition coefficient (Wildman–Crippen LogP) is 6.12. The summed E-state index contributed by atoms with van der Waals surface area (Å²) in [6.07, 6.45) is 0. The van der Waals surface area contributed by atoms with E-state index in [9.17, 15) is 44.4 Å². The molecule has 1 aliphatic carbocycles. The number of carbonyl (C=O) groups is 4. The number of phenolic OH excluding ortho intramolecular Hbond substituents is 1. The van der Waals surface area contributed by atoms with Crippen molar-refractivity contribution < 1.29 is 48.8 Å². The molecular formula is C46H32N2O11. The highest BCUT2D eigenvalue weighted by Gasteiger charge is 2.27. The number of fused-ring (bicyclic) bond motifs is 4. The van der Waals surface area contributed by atoms with Gasteiger partial charge in [0.15, 0.2) is 5.43 Å². The Balaban J connectivity index is 1.21. The van der Waals surface area contributed by atoms with Crippen molar-refractivity contribution in [2.45, 2.75) is 6.54 Å². The van der Waals surface area contributed by atoms with Gasteiger partial charge in [0.2, 0.25) is 0 Å². The van der Waals surface area contributed by atoms with Gasteiger partial charge in [-0.25, -0.2) is 14.4 Å². The second kappa shape index (κ2) is 14.4. The molecule has 0 atom stereocenters. The maximum absolute atomic E-state index is 13.8. The van der Waals surface area contributed by atoms with Crippen molar-refractivity contribution in [3.05, 3.63) is 163 Å². The number of nitrogens with one attached hydrogen (secondary N) is 1. The lowest BCUT2D eigenvalue weighted by molar-refractivity contribution is 0.0682. The molecule has 3 aliphatic rings. The number of hydrogen-bond acceptors (Lipinski definition) is 9. The van der Waals surface area contributed by atoms with Crippen LogP contribution >= 0.6 is 0 Å². The summed E-state index contributed by atoms with van der Waals surface area (Å²) in [6, 6.07) is 25.7. The van der Waals surface area contributed by atoms with E-state index in [1.165, 1.54) is 54.6 Å². The Kier molecular flexibility index (Phi) is 9.20. The minimum atomic E-state index is -1.40. The van der Waals surface area contributed by atoms with Crippen molar-refractivity contribution in [3.8, 4) is 39.7 Å². The summed E-state index contributed by atoms with van der Waals surface area (Å²) >= 11 is 0. The fraction of sp³-hybridized carbons (Fsp3) is 0.0652. The Hall–Kier alpha value is -8.19. The quantitative estimate of drug-likeness (QED) is 0.105. The summed E-state index contributed by atoms with van der Waals surface area (Å²) in [7, 11) is 3.79. The average Bonchev–Trinajstić information content (AvgIpc) is 3.20. The summed E-state index contributed by atoms with van der Waals surface area (Å²) < 4.78 is 12.4. The molecule has 1 amide bonds. The van der Waals surface area contributed by atoms with E-state index in [2.05, 4.69) is 11.9 Å². The number of anilines is 1. The predicted molar refractivity (Wildman–Crippen MR) is 218 cm³/mol. The lowest BCUT2D eigenvalue weighted by Gasteiger charge is -2.24. The summed E-state index contributed by atoms with van der Waals surface area (Å²) in [5.74, 6) is -3.96. The molecule has 0 fully saturated rings. The van der Waals surface area contributed by atoms with Gasteiger partial charge in [0, 0.05) is 70.3 Å². The van der Waals surface area contributed by atoms with Gasteiger partial charge < -0.3 is 39.8 Å². The number of carboxylic acid groups (broad SMARTS) is 3. The number of amides is 1. The second-order valence-corrected chi connectivity index (χ2v) is 14.1. The van der Waals surface area contributed by atoms with Gasteiger partial charge in [-0.05, 0) is 83.1 Å². The SMILES string of the molecule is C=c1ccc2c(c1)Oc1cc(N(C)C)ccc1C=2c1ccc(C(=O)NCc2c(O)ccc3c(-c4ccc(C(=O)O)cc4C(=O)O)c4ccc(=O)cc-4oc23)cc1C(=O)O. The zero-order valence-electron chi connectivity index (χ0n) is 31.3. The standard InChI is InChI=1S/C46H32N2O11/c1-22-4-9-29-37(16-22)58-38-19-25(48(2)3)7-12-30(38)40(29)27-10-5-23(17-33(27)45(54)55)43(51)47-21-35-36(50)15-14-32-41(31-13-8-26(49)20-39(31)59-42(32)35)28-11-6-24(44(52)53)18-34(28)46(56)57/h4-20,50H,1,21H2,2-3H3,(H,47,51)(H,52,53)(H,54,55)(H,56,57). The molecule has 0 spiro atoms. The molecule has 13 nitrogen and oxygen atoms in total. The monoisotopic (exact) mass is 788 g/mol. The van der Waals surface area contributed by atoms with Crippen LogP contribution in [0.5, 0.6) is 17.2 Å². The van der Waals surface area contributed by atoms with E-state index >= 15 is 0 Å². The number of aromatic carboxylic acids is 3. The number of aromatic hydroxyl groups is 1. The van der Waals surface area contributed by atoms with E-state index in [0.717, 1.165) is 11.8 Å². The number of carbonyl (C=O) groups excluding carboxylic acids is 1. The number of nitrogens with zero attached hydrogens (tertiary/aromatic N) is 1. The minimum Gasteiger partial charge on any atom is -0.507 e. The molecule has 13 heteroatoms. The topological polar surface area (TPSA) is 204 Å². The molecule has 0 aromatic heterocycles. The van der Waals surface area contributed by atoms with Gasteiger partial charge in [-0.1, -0.05) is 30.8 Å². The van der Waals surface area contributed by atoms with Crippen LogP contribution in [-0.2, 0) is 6.54 Å².